The van der Waals surface area contributed by atoms with Crippen molar-refractivity contribution in [3.8, 4) is 0 Å². The van der Waals surface area contributed by atoms with Gasteiger partial charge in [-0.2, -0.15) is 0 Å². The maximum Gasteiger partial charge on any atom is 0.237 e. The van der Waals surface area contributed by atoms with Crippen LogP contribution in [-0.4, -0.2) is 23.5 Å². The minimum Gasteiger partial charge on any atom is -0.348 e. The second kappa shape index (κ2) is 6.12. The molecule has 94 valence electrons. The lowest BCUT2D eigenvalue weighted by Gasteiger charge is -2.14. The summed E-state index contributed by atoms with van der Waals surface area (Å²) in [6.07, 6.45) is 6.33. The van der Waals surface area contributed by atoms with Gasteiger partial charge in [-0.05, 0) is 26.3 Å². The van der Waals surface area contributed by atoms with Gasteiger partial charge in [0.1, 0.15) is 5.01 Å². The summed E-state index contributed by atoms with van der Waals surface area (Å²) in [4.78, 5) is 17.4. The lowest BCUT2D eigenvalue weighted by molar-refractivity contribution is -0.123. The smallest absolute Gasteiger partial charge is 0.237 e. The number of nitrogens with one attached hydrogen (secondary N) is 2. The summed E-state index contributed by atoms with van der Waals surface area (Å²) in [6, 6.07) is -0.0152. The van der Waals surface area contributed by atoms with E-state index in [9.17, 15) is 4.79 Å². The van der Waals surface area contributed by atoms with Gasteiger partial charge in [-0.3, -0.25) is 4.79 Å². The first-order chi connectivity index (χ1) is 8.25. The number of aromatic nitrogens is 1. The van der Waals surface area contributed by atoms with E-state index in [4.69, 9.17) is 0 Å². The molecule has 1 unspecified atom stereocenters. The Labute approximate surface area is 106 Å². The van der Waals surface area contributed by atoms with Gasteiger partial charge in [0.15, 0.2) is 0 Å². The Bertz CT molecular complexity index is 370. The Morgan fingerprint density at radius 2 is 2.47 bits per heavy atom. The fraction of sp³-hybridized carbons (Fsp3) is 0.667. The molecule has 1 fully saturated rings. The second-order valence-electron chi connectivity index (χ2n) is 4.44. The van der Waals surface area contributed by atoms with Crippen molar-refractivity contribution in [3.05, 3.63) is 16.1 Å². The van der Waals surface area contributed by atoms with E-state index in [-0.39, 0.29) is 11.9 Å². The van der Waals surface area contributed by atoms with Gasteiger partial charge in [0.05, 0.1) is 12.6 Å². The van der Waals surface area contributed by atoms with Gasteiger partial charge in [0, 0.05) is 11.1 Å². The van der Waals surface area contributed by atoms with E-state index < -0.39 is 0 Å². The number of amides is 1. The highest BCUT2D eigenvalue weighted by atomic mass is 32.1. The number of thiazole rings is 1. The molecule has 0 aromatic carbocycles. The summed E-state index contributed by atoms with van der Waals surface area (Å²) in [6.45, 7) is 3.53. The molecule has 5 heteroatoms. The molecule has 2 N–H and O–H groups in total. The summed E-state index contributed by atoms with van der Waals surface area (Å²) in [5.74, 6) is 0.111. The molecule has 17 heavy (non-hydrogen) atoms. The number of hydrogen-bond donors (Lipinski definition) is 2. The molecule has 0 radical (unpaired) electrons. The Morgan fingerprint density at radius 1 is 1.59 bits per heavy atom. The first-order valence-corrected chi connectivity index (χ1v) is 7.00. The van der Waals surface area contributed by atoms with Crippen LogP contribution in [0.3, 0.4) is 0 Å². The van der Waals surface area contributed by atoms with E-state index >= 15 is 0 Å². The molecular formula is C12H19N3OS. The molecule has 1 aromatic rings. The van der Waals surface area contributed by atoms with Crippen molar-refractivity contribution in [2.24, 2.45) is 0 Å². The highest BCUT2D eigenvalue weighted by Gasteiger charge is 2.19. The lowest BCUT2D eigenvalue weighted by Crippen LogP contribution is -2.43. The highest BCUT2D eigenvalue weighted by Crippen LogP contribution is 2.11. The van der Waals surface area contributed by atoms with Crippen LogP contribution in [0.2, 0.25) is 0 Å². The van der Waals surface area contributed by atoms with E-state index in [1.54, 1.807) is 11.3 Å². The summed E-state index contributed by atoms with van der Waals surface area (Å²) in [7, 11) is 0. The molecule has 1 aromatic heterocycles. The fourth-order valence-corrected chi connectivity index (χ4v) is 2.75. The summed E-state index contributed by atoms with van der Waals surface area (Å²) < 4.78 is 0. The van der Waals surface area contributed by atoms with E-state index in [1.807, 2.05) is 13.1 Å². The van der Waals surface area contributed by atoms with Gasteiger partial charge in [0.25, 0.3) is 0 Å². The first kappa shape index (κ1) is 12.5. The molecule has 0 spiro atoms. The van der Waals surface area contributed by atoms with Gasteiger partial charge >= 0.3 is 0 Å². The first-order valence-electron chi connectivity index (χ1n) is 6.18. The van der Waals surface area contributed by atoms with Crippen molar-refractivity contribution in [3.63, 3.8) is 0 Å². The van der Waals surface area contributed by atoms with Crippen molar-refractivity contribution < 1.29 is 4.79 Å². The minimum atomic E-state index is -0.0152. The Hall–Kier alpha value is -0.940. The Balaban J connectivity index is 1.79. The molecule has 2 heterocycles. The largest absolute Gasteiger partial charge is 0.348 e. The van der Waals surface area contributed by atoms with Crippen molar-refractivity contribution in [2.45, 2.75) is 45.2 Å². The maximum atomic E-state index is 11.9. The topological polar surface area (TPSA) is 54.0 Å². The molecule has 4 nitrogen and oxygen atoms in total. The average Bonchev–Trinajstić information content (AvgIpc) is 2.58. The maximum absolute atomic E-state index is 11.9. The van der Waals surface area contributed by atoms with Crippen LogP contribution in [0.1, 0.15) is 35.6 Å². The van der Waals surface area contributed by atoms with Crippen LogP contribution in [0.15, 0.2) is 6.20 Å². The third-order valence-electron chi connectivity index (χ3n) is 2.96. The number of aryl methyl sites for hydroxylation is 1. The van der Waals surface area contributed by atoms with E-state index in [2.05, 4.69) is 15.6 Å². The summed E-state index contributed by atoms with van der Waals surface area (Å²) in [5, 5.41) is 7.23. The molecule has 2 rings (SSSR count). The minimum absolute atomic E-state index is 0.0152. The van der Waals surface area contributed by atoms with Gasteiger partial charge in [-0.15, -0.1) is 11.3 Å². The van der Waals surface area contributed by atoms with Gasteiger partial charge in [0.2, 0.25) is 5.91 Å². The van der Waals surface area contributed by atoms with Crippen LogP contribution in [-0.2, 0) is 11.3 Å². The van der Waals surface area contributed by atoms with Gasteiger partial charge in [-0.25, -0.2) is 4.98 Å². The summed E-state index contributed by atoms with van der Waals surface area (Å²) in [5.41, 5.74) is 0. The van der Waals surface area contributed by atoms with Gasteiger partial charge < -0.3 is 10.6 Å². The van der Waals surface area contributed by atoms with Crippen molar-refractivity contribution >= 4 is 17.2 Å². The molecule has 0 bridgehead atoms. The van der Waals surface area contributed by atoms with Crippen LogP contribution in [0.4, 0.5) is 0 Å². The third kappa shape index (κ3) is 3.78. The monoisotopic (exact) mass is 253 g/mol. The second-order valence-corrected chi connectivity index (χ2v) is 5.76. The number of hydrogen-bond acceptors (Lipinski definition) is 4. The zero-order valence-corrected chi connectivity index (χ0v) is 11.0. The predicted octanol–water partition coefficient (Wildman–Crippen LogP) is 1.60. The van der Waals surface area contributed by atoms with Crippen molar-refractivity contribution in [1.29, 1.82) is 0 Å². The van der Waals surface area contributed by atoms with E-state index in [0.717, 1.165) is 24.4 Å². The molecule has 1 atom stereocenters. The number of carbonyl (C=O) groups is 1. The summed E-state index contributed by atoms with van der Waals surface area (Å²) >= 11 is 1.63. The quantitative estimate of drug-likeness (QED) is 0.860. The average molecular weight is 253 g/mol. The Morgan fingerprint density at radius 3 is 3.24 bits per heavy atom. The van der Waals surface area contributed by atoms with Crippen LogP contribution in [0, 0.1) is 6.92 Å². The van der Waals surface area contributed by atoms with Crippen LogP contribution < -0.4 is 10.6 Å². The normalized spacial score (nSPS) is 20.9. The van der Waals surface area contributed by atoms with Gasteiger partial charge in [-0.1, -0.05) is 12.8 Å². The molecule has 0 aliphatic carbocycles. The number of nitrogens with zero attached hydrogens (tertiary/aromatic N) is 1. The Kier molecular flexibility index (Phi) is 4.50. The van der Waals surface area contributed by atoms with Crippen LogP contribution in [0.5, 0.6) is 0 Å². The standard InChI is InChI=1S/C12H19N3OS/c1-9-7-14-11(17-9)8-15-12(16)10-5-3-2-4-6-13-10/h7,10,13H,2-6,8H2,1H3,(H,15,16). The molecule has 0 saturated carbocycles. The van der Waals surface area contributed by atoms with Crippen LogP contribution >= 0.6 is 11.3 Å². The number of rotatable bonds is 3. The van der Waals surface area contributed by atoms with E-state index in [1.165, 1.54) is 17.7 Å². The van der Waals surface area contributed by atoms with Crippen molar-refractivity contribution in [2.75, 3.05) is 6.54 Å². The highest BCUT2D eigenvalue weighted by molar-refractivity contribution is 7.11. The molecule has 1 saturated heterocycles. The SMILES string of the molecule is Cc1cnc(CNC(=O)C2CCCCCN2)s1. The predicted molar refractivity (Wildman–Crippen MR) is 69.0 cm³/mol. The zero-order valence-electron chi connectivity index (χ0n) is 10.2. The fourth-order valence-electron chi connectivity index (χ4n) is 2.02. The van der Waals surface area contributed by atoms with Crippen molar-refractivity contribution in [1.82, 2.24) is 15.6 Å². The lowest BCUT2D eigenvalue weighted by atomic mass is 10.1. The molecule has 1 aliphatic rings. The van der Waals surface area contributed by atoms with E-state index in [0.29, 0.717) is 6.54 Å². The molecule has 1 aliphatic heterocycles. The molecule has 1 amide bonds. The van der Waals surface area contributed by atoms with Crippen LogP contribution in [0.25, 0.3) is 0 Å². The number of carbonyl (C=O) groups excluding carboxylic acids is 1. The third-order valence-corrected chi connectivity index (χ3v) is 3.87. The zero-order chi connectivity index (χ0) is 12.1. The molecular weight excluding hydrogens is 234 g/mol.